The van der Waals surface area contributed by atoms with Crippen LogP contribution in [0.5, 0.6) is 0 Å². The molecule has 28 heavy (non-hydrogen) atoms. The van der Waals surface area contributed by atoms with Gasteiger partial charge in [-0.2, -0.15) is 0 Å². The minimum Gasteiger partial charge on any atom is -0.343 e. The summed E-state index contributed by atoms with van der Waals surface area (Å²) >= 11 is 0. The summed E-state index contributed by atoms with van der Waals surface area (Å²) < 4.78 is 0. The number of Topliss-reactive ketones (excluding diaryl/α,β-unsaturated/α-hetero) is 2. The summed E-state index contributed by atoms with van der Waals surface area (Å²) in [5.41, 5.74) is 3.43. The molecule has 2 aliphatic rings. The van der Waals surface area contributed by atoms with E-state index in [2.05, 4.69) is 11.8 Å². The molecule has 4 nitrogen and oxygen atoms in total. The van der Waals surface area contributed by atoms with Crippen LogP contribution in [0.3, 0.4) is 0 Å². The van der Waals surface area contributed by atoms with Gasteiger partial charge in [0.05, 0.1) is 0 Å². The number of carbonyl (C=O) groups excluding carboxylic acids is 3. The fourth-order valence-electron chi connectivity index (χ4n) is 5.08. The first-order valence-electron chi connectivity index (χ1n) is 10.1. The molecule has 148 valence electrons. The first-order chi connectivity index (χ1) is 13.3. The molecule has 3 rings (SSSR count). The van der Waals surface area contributed by atoms with Gasteiger partial charge in [0.25, 0.3) is 0 Å². The highest BCUT2D eigenvalue weighted by Crippen LogP contribution is 2.46. The second-order valence-corrected chi connectivity index (χ2v) is 8.48. The third kappa shape index (κ3) is 3.90. The lowest BCUT2D eigenvalue weighted by Gasteiger charge is -2.38. The second kappa shape index (κ2) is 7.91. The lowest BCUT2D eigenvalue weighted by atomic mass is 9.63. The standard InChI is InChI=1S/C24H29NO3/c1-5-7-19-12-16(2)22(17(3)13-19)23-20(27)14-24(15-21(23)28)8-6-10-25(11-9-24)18(4)26/h12-13,23H,6,8-11,14-15H2,1-4H3. The number of benzene rings is 1. The van der Waals surface area contributed by atoms with Crippen LogP contribution >= 0.6 is 0 Å². The molecule has 1 aromatic carbocycles. The van der Waals surface area contributed by atoms with Gasteiger partial charge in [-0.25, -0.2) is 0 Å². The van der Waals surface area contributed by atoms with Crippen molar-refractivity contribution in [2.45, 2.75) is 65.7 Å². The van der Waals surface area contributed by atoms with Gasteiger partial charge in [-0.1, -0.05) is 5.92 Å². The Morgan fingerprint density at radius 3 is 2.21 bits per heavy atom. The highest BCUT2D eigenvalue weighted by atomic mass is 16.2. The molecule has 0 bridgehead atoms. The van der Waals surface area contributed by atoms with Crippen molar-refractivity contribution in [2.75, 3.05) is 13.1 Å². The molecule has 1 aliphatic carbocycles. The average molecular weight is 380 g/mol. The number of hydrogen-bond donors (Lipinski definition) is 0. The molecule has 4 heteroatoms. The molecule has 1 saturated heterocycles. The van der Waals surface area contributed by atoms with Gasteiger partial charge in [-0.15, -0.1) is 5.92 Å². The van der Waals surface area contributed by atoms with Crippen LogP contribution in [-0.4, -0.2) is 35.5 Å². The van der Waals surface area contributed by atoms with Crippen molar-refractivity contribution >= 4 is 17.5 Å². The van der Waals surface area contributed by atoms with Crippen LogP contribution in [0.25, 0.3) is 0 Å². The molecule has 0 radical (unpaired) electrons. The van der Waals surface area contributed by atoms with E-state index in [-0.39, 0.29) is 22.9 Å². The Morgan fingerprint density at radius 2 is 1.68 bits per heavy atom. The van der Waals surface area contributed by atoms with E-state index in [1.165, 1.54) is 0 Å². The zero-order valence-corrected chi connectivity index (χ0v) is 17.4. The van der Waals surface area contributed by atoms with Gasteiger partial charge in [0.1, 0.15) is 17.5 Å². The zero-order chi connectivity index (χ0) is 20.5. The van der Waals surface area contributed by atoms with Gasteiger partial charge in [-0.05, 0) is 74.3 Å². The molecular formula is C24H29NO3. The number of nitrogens with zero attached hydrogens (tertiary/aromatic N) is 1. The van der Waals surface area contributed by atoms with Crippen LogP contribution in [0.15, 0.2) is 12.1 Å². The van der Waals surface area contributed by atoms with Crippen molar-refractivity contribution < 1.29 is 14.4 Å². The number of carbonyl (C=O) groups is 3. The van der Waals surface area contributed by atoms with E-state index in [4.69, 9.17) is 0 Å². The maximum Gasteiger partial charge on any atom is 0.219 e. The topological polar surface area (TPSA) is 54.5 Å². The SMILES string of the molecule is CC#Cc1cc(C)c(C2C(=O)CC3(CCCN(C(C)=O)CC3)CC2=O)c(C)c1. The van der Waals surface area contributed by atoms with Crippen LogP contribution in [0.2, 0.25) is 0 Å². The van der Waals surface area contributed by atoms with Crippen LogP contribution in [0.1, 0.15) is 74.1 Å². The molecule has 0 aromatic heterocycles. The summed E-state index contributed by atoms with van der Waals surface area (Å²) in [7, 11) is 0. The molecule has 1 amide bonds. The Labute approximate surface area is 167 Å². The van der Waals surface area contributed by atoms with E-state index >= 15 is 0 Å². The minimum atomic E-state index is -0.651. The lowest BCUT2D eigenvalue weighted by molar-refractivity contribution is -0.137. The first-order valence-corrected chi connectivity index (χ1v) is 10.1. The minimum absolute atomic E-state index is 0.0352. The number of ketones is 2. The number of amides is 1. The second-order valence-electron chi connectivity index (χ2n) is 8.48. The molecule has 0 N–H and O–H groups in total. The predicted molar refractivity (Wildman–Crippen MR) is 109 cm³/mol. The first kappa shape index (κ1) is 20.3. The zero-order valence-electron chi connectivity index (χ0n) is 17.4. The third-order valence-corrected chi connectivity index (χ3v) is 6.39. The Morgan fingerprint density at radius 1 is 1.07 bits per heavy atom. The van der Waals surface area contributed by atoms with Crippen molar-refractivity contribution in [3.8, 4) is 11.8 Å². The van der Waals surface area contributed by atoms with Crippen molar-refractivity contribution in [1.29, 1.82) is 0 Å². The van der Waals surface area contributed by atoms with Crippen molar-refractivity contribution in [1.82, 2.24) is 4.90 Å². The Bertz CT molecular complexity index is 846. The maximum atomic E-state index is 13.2. The van der Waals surface area contributed by atoms with Crippen LogP contribution in [0, 0.1) is 31.1 Å². The summed E-state index contributed by atoms with van der Waals surface area (Å²) in [6.07, 6.45) is 3.30. The molecule has 0 atom stereocenters. The van der Waals surface area contributed by atoms with Crippen LogP contribution in [0.4, 0.5) is 0 Å². The summed E-state index contributed by atoms with van der Waals surface area (Å²) in [5.74, 6) is 5.45. The smallest absolute Gasteiger partial charge is 0.219 e. The van der Waals surface area contributed by atoms with Gasteiger partial charge in [0, 0.05) is 38.4 Å². The normalized spacial score (nSPS) is 25.3. The van der Waals surface area contributed by atoms with Crippen molar-refractivity contribution in [3.05, 3.63) is 34.4 Å². The van der Waals surface area contributed by atoms with E-state index in [0.29, 0.717) is 19.4 Å². The summed E-state index contributed by atoms with van der Waals surface area (Å²) in [6, 6.07) is 3.94. The number of aryl methyl sites for hydroxylation is 2. The molecule has 1 spiro atoms. The van der Waals surface area contributed by atoms with E-state index in [9.17, 15) is 14.4 Å². The highest BCUT2D eigenvalue weighted by molar-refractivity contribution is 6.10. The van der Waals surface area contributed by atoms with Gasteiger partial charge >= 0.3 is 0 Å². The van der Waals surface area contributed by atoms with Crippen LogP contribution < -0.4 is 0 Å². The molecule has 2 fully saturated rings. The van der Waals surface area contributed by atoms with Crippen molar-refractivity contribution in [2.24, 2.45) is 5.41 Å². The Hall–Kier alpha value is -2.41. The predicted octanol–water partition coefficient (Wildman–Crippen LogP) is 3.71. The summed E-state index contributed by atoms with van der Waals surface area (Å²) in [6.45, 7) is 8.68. The van der Waals surface area contributed by atoms with Crippen molar-refractivity contribution in [3.63, 3.8) is 0 Å². The van der Waals surface area contributed by atoms with Gasteiger partial charge in [0.15, 0.2) is 0 Å². The fourth-order valence-corrected chi connectivity index (χ4v) is 5.08. The average Bonchev–Trinajstić information content (AvgIpc) is 2.79. The molecule has 1 aliphatic heterocycles. The van der Waals surface area contributed by atoms with Gasteiger partial charge in [-0.3, -0.25) is 14.4 Å². The highest BCUT2D eigenvalue weighted by Gasteiger charge is 2.46. The molecular weight excluding hydrogens is 350 g/mol. The summed E-state index contributed by atoms with van der Waals surface area (Å²) in [5, 5.41) is 0. The van der Waals surface area contributed by atoms with Crippen LogP contribution in [-0.2, 0) is 14.4 Å². The number of rotatable bonds is 1. The Kier molecular flexibility index (Phi) is 5.74. The van der Waals surface area contributed by atoms with Gasteiger partial charge in [0.2, 0.25) is 5.91 Å². The monoisotopic (exact) mass is 379 g/mol. The molecule has 1 aromatic rings. The van der Waals surface area contributed by atoms with Gasteiger partial charge < -0.3 is 4.90 Å². The maximum absolute atomic E-state index is 13.2. The van der Waals surface area contributed by atoms with E-state index in [1.54, 1.807) is 13.8 Å². The molecule has 1 saturated carbocycles. The fraction of sp³-hybridized carbons (Fsp3) is 0.542. The van der Waals surface area contributed by atoms with E-state index in [0.717, 1.165) is 48.1 Å². The quantitative estimate of drug-likeness (QED) is 0.552. The molecule has 1 heterocycles. The largest absolute Gasteiger partial charge is 0.343 e. The lowest BCUT2D eigenvalue weighted by Crippen LogP contribution is -2.40. The number of likely N-dealkylation sites (tertiary alicyclic amines) is 1. The Balaban J connectivity index is 1.87. The van der Waals surface area contributed by atoms with E-state index < -0.39 is 5.92 Å². The number of hydrogen-bond acceptors (Lipinski definition) is 3. The third-order valence-electron chi connectivity index (χ3n) is 6.39. The van der Waals surface area contributed by atoms with E-state index in [1.807, 2.05) is 30.9 Å². The summed E-state index contributed by atoms with van der Waals surface area (Å²) in [4.78, 5) is 39.9. The molecule has 0 unspecified atom stereocenters.